The summed E-state index contributed by atoms with van der Waals surface area (Å²) in [6.45, 7) is 10.2. The van der Waals surface area contributed by atoms with Gasteiger partial charge < -0.3 is 15.0 Å². The molecule has 0 aliphatic carbocycles. The predicted octanol–water partition coefficient (Wildman–Crippen LogP) is 6.31. The first-order chi connectivity index (χ1) is 17.7. The molecule has 0 aliphatic heterocycles. The molecule has 0 bridgehead atoms. The highest BCUT2D eigenvalue weighted by Gasteiger charge is 2.31. The Balaban J connectivity index is 1.94. The van der Waals surface area contributed by atoms with Crippen LogP contribution in [0.5, 0.6) is 5.75 Å². The Morgan fingerprint density at radius 1 is 0.946 bits per heavy atom. The molecule has 0 radical (unpaired) electrons. The normalized spacial score (nSPS) is 12.5. The topological polar surface area (TPSA) is 58.6 Å². The Hall–Kier alpha value is -3.12. The molecular formula is C31H37BrN2O3. The van der Waals surface area contributed by atoms with Crippen molar-refractivity contribution in [3.8, 4) is 5.75 Å². The van der Waals surface area contributed by atoms with E-state index in [9.17, 15) is 9.59 Å². The highest BCUT2D eigenvalue weighted by Crippen LogP contribution is 2.26. The van der Waals surface area contributed by atoms with Crippen molar-refractivity contribution in [1.29, 1.82) is 0 Å². The number of benzene rings is 3. The molecule has 0 aromatic heterocycles. The van der Waals surface area contributed by atoms with Gasteiger partial charge >= 0.3 is 0 Å². The molecule has 196 valence electrons. The van der Waals surface area contributed by atoms with Gasteiger partial charge in [0.25, 0.3) is 5.91 Å². The Kier molecular flexibility index (Phi) is 10.3. The Morgan fingerprint density at radius 3 is 2.19 bits per heavy atom. The molecule has 2 atom stereocenters. The number of nitrogens with zero attached hydrogens (tertiary/aromatic N) is 1. The lowest BCUT2D eigenvalue weighted by Crippen LogP contribution is -2.53. The summed E-state index contributed by atoms with van der Waals surface area (Å²) in [4.78, 5) is 29.0. The van der Waals surface area contributed by atoms with Crippen LogP contribution >= 0.6 is 15.9 Å². The van der Waals surface area contributed by atoms with Gasteiger partial charge in [0.2, 0.25) is 5.91 Å². The van der Waals surface area contributed by atoms with Crippen molar-refractivity contribution < 1.29 is 14.3 Å². The molecule has 0 spiro atoms. The largest absolute Gasteiger partial charge is 0.484 e. The van der Waals surface area contributed by atoms with Gasteiger partial charge in [-0.25, -0.2) is 0 Å². The minimum atomic E-state index is -0.680. The molecule has 0 saturated heterocycles. The molecule has 5 nitrogen and oxygen atoms in total. The lowest BCUT2D eigenvalue weighted by molar-refractivity contribution is -0.143. The molecular weight excluding hydrogens is 528 g/mol. The summed E-state index contributed by atoms with van der Waals surface area (Å²) >= 11 is 3.58. The number of amides is 2. The zero-order valence-corrected chi connectivity index (χ0v) is 24.0. The van der Waals surface area contributed by atoms with E-state index in [4.69, 9.17) is 4.74 Å². The number of ether oxygens (including phenoxy) is 1. The standard InChI is InChI=1S/C31H37BrN2O3/c1-6-24(5)33-31(36)28(18-25-13-8-7-9-14-25)34(19-26-15-11-10-12-21(26)2)29(35)20-37-27-16-22(3)30(32)23(4)17-27/h7-17,24,28H,6,18-20H2,1-5H3,(H,33,36)/t24-,28+/m0/s1. The molecule has 0 aliphatic rings. The first-order valence-corrected chi connectivity index (χ1v) is 13.6. The van der Waals surface area contributed by atoms with Crippen molar-refractivity contribution in [3.63, 3.8) is 0 Å². The number of carbonyl (C=O) groups is 2. The van der Waals surface area contributed by atoms with Crippen LogP contribution in [0.3, 0.4) is 0 Å². The van der Waals surface area contributed by atoms with Gasteiger partial charge in [-0.3, -0.25) is 9.59 Å². The summed E-state index contributed by atoms with van der Waals surface area (Å²) in [5, 5.41) is 3.10. The van der Waals surface area contributed by atoms with Crippen LogP contribution < -0.4 is 10.1 Å². The SMILES string of the molecule is CC[C@H](C)NC(=O)[C@@H](Cc1ccccc1)N(Cc1ccccc1C)C(=O)COc1cc(C)c(Br)c(C)c1. The average Bonchev–Trinajstić information content (AvgIpc) is 2.89. The van der Waals surface area contributed by atoms with E-state index in [0.29, 0.717) is 18.7 Å². The van der Waals surface area contributed by atoms with Gasteiger partial charge in [-0.15, -0.1) is 0 Å². The maximum absolute atomic E-state index is 13.8. The monoisotopic (exact) mass is 564 g/mol. The third kappa shape index (κ3) is 7.93. The average molecular weight is 566 g/mol. The molecule has 37 heavy (non-hydrogen) atoms. The van der Waals surface area contributed by atoms with E-state index in [1.807, 2.05) is 101 Å². The van der Waals surface area contributed by atoms with Crippen molar-refractivity contribution in [2.75, 3.05) is 6.61 Å². The molecule has 2 amide bonds. The minimum absolute atomic E-state index is 0.00570. The molecule has 6 heteroatoms. The van der Waals surface area contributed by atoms with Crippen LogP contribution in [-0.2, 0) is 22.6 Å². The van der Waals surface area contributed by atoms with Gasteiger partial charge in [0.15, 0.2) is 6.61 Å². The van der Waals surface area contributed by atoms with E-state index in [1.165, 1.54) is 0 Å². The number of rotatable bonds is 11. The van der Waals surface area contributed by atoms with Crippen LogP contribution in [0.2, 0.25) is 0 Å². The predicted molar refractivity (Wildman–Crippen MR) is 153 cm³/mol. The fourth-order valence-electron chi connectivity index (χ4n) is 4.18. The van der Waals surface area contributed by atoms with E-state index >= 15 is 0 Å². The first kappa shape index (κ1) is 28.5. The molecule has 3 rings (SSSR count). The smallest absolute Gasteiger partial charge is 0.261 e. The molecule has 0 saturated carbocycles. The summed E-state index contributed by atoms with van der Waals surface area (Å²) < 4.78 is 7.00. The highest BCUT2D eigenvalue weighted by molar-refractivity contribution is 9.10. The molecule has 0 fully saturated rings. The lowest BCUT2D eigenvalue weighted by Gasteiger charge is -2.32. The van der Waals surface area contributed by atoms with Crippen LogP contribution in [0.15, 0.2) is 71.2 Å². The Bertz CT molecular complexity index is 1190. The van der Waals surface area contributed by atoms with Crippen LogP contribution in [0.4, 0.5) is 0 Å². The maximum atomic E-state index is 13.8. The third-order valence-corrected chi connectivity index (χ3v) is 7.90. The Morgan fingerprint density at radius 2 is 1.57 bits per heavy atom. The second kappa shape index (κ2) is 13.4. The Labute approximate surface area is 229 Å². The zero-order chi connectivity index (χ0) is 26.9. The van der Waals surface area contributed by atoms with Crippen molar-refractivity contribution in [2.45, 2.75) is 66.1 Å². The summed E-state index contributed by atoms with van der Waals surface area (Å²) in [5.41, 5.74) is 5.14. The number of hydrogen-bond acceptors (Lipinski definition) is 3. The zero-order valence-electron chi connectivity index (χ0n) is 22.4. The minimum Gasteiger partial charge on any atom is -0.484 e. The van der Waals surface area contributed by atoms with E-state index < -0.39 is 6.04 Å². The molecule has 3 aromatic carbocycles. The number of aryl methyl sites for hydroxylation is 3. The second-order valence-electron chi connectivity index (χ2n) is 9.63. The quantitative estimate of drug-likeness (QED) is 0.297. The van der Waals surface area contributed by atoms with E-state index in [1.54, 1.807) is 4.90 Å². The first-order valence-electron chi connectivity index (χ1n) is 12.8. The van der Waals surface area contributed by atoms with E-state index in [0.717, 1.165) is 38.7 Å². The number of hydrogen-bond donors (Lipinski definition) is 1. The summed E-state index contributed by atoms with van der Waals surface area (Å²) in [7, 11) is 0. The van der Waals surface area contributed by atoms with Crippen molar-refractivity contribution in [3.05, 3.63) is 99.0 Å². The molecule has 3 aromatic rings. The summed E-state index contributed by atoms with van der Waals surface area (Å²) in [6, 6.07) is 20.9. The van der Waals surface area contributed by atoms with Gasteiger partial charge in [0, 0.05) is 23.5 Å². The van der Waals surface area contributed by atoms with Gasteiger partial charge in [0.1, 0.15) is 11.8 Å². The van der Waals surface area contributed by atoms with Crippen LogP contribution in [-0.4, -0.2) is 35.4 Å². The number of halogens is 1. The van der Waals surface area contributed by atoms with Gasteiger partial charge in [0.05, 0.1) is 0 Å². The number of nitrogens with one attached hydrogen (secondary N) is 1. The van der Waals surface area contributed by atoms with E-state index in [-0.39, 0.29) is 24.5 Å². The van der Waals surface area contributed by atoms with Crippen LogP contribution in [0.1, 0.15) is 48.1 Å². The van der Waals surface area contributed by atoms with Crippen molar-refractivity contribution >= 4 is 27.7 Å². The number of carbonyl (C=O) groups excluding carboxylic acids is 2. The van der Waals surface area contributed by atoms with Gasteiger partial charge in [-0.1, -0.05) is 77.5 Å². The fourth-order valence-corrected chi connectivity index (χ4v) is 4.41. The van der Waals surface area contributed by atoms with Crippen LogP contribution in [0, 0.1) is 20.8 Å². The van der Waals surface area contributed by atoms with Crippen molar-refractivity contribution in [2.24, 2.45) is 0 Å². The van der Waals surface area contributed by atoms with E-state index in [2.05, 4.69) is 21.2 Å². The third-order valence-electron chi connectivity index (χ3n) is 6.65. The van der Waals surface area contributed by atoms with Gasteiger partial charge in [-0.05, 0) is 74.1 Å². The lowest BCUT2D eigenvalue weighted by atomic mass is 10.0. The highest BCUT2D eigenvalue weighted by atomic mass is 79.9. The molecule has 0 unspecified atom stereocenters. The fraction of sp³-hybridized carbons (Fsp3) is 0.355. The summed E-state index contributed by atoms with van der Waals surface area (Å²) in [5.74, 6) is 0.239. The molecule has 1 N–H and O–H groups in total. The maximum Gasteiger partial charge on any atom is 0.261 e. The summed E-state index contributed by atoms with van der Waals surface area (Å²) in [6.07, 6.45) is 1.22. The second-order valence-corrected chi connectivity index (χ2v) is 10.4. The van der Waals surface area contributed by atoms with Crippen molar-refractivity contribution in [1.82, 2.24) is 10.2 Å². The molecule has 0 heterocycles. The van der Waals surface area contributed by atoms with Gasteiger partial charge in [-0.2, -0.15) is 0 Å². The van der Waals surface area contributed by atoms with Crippen LogP contribution in [0.25, 0.3) is 0 Å².